The summed E-state index contributed by atoms with van der Waals surface area (Å²) >= 11 is 0. The molecule has 0 saturated carbocycles. The Morgan fingerprint density at radius 2 is 2.05 bits per heavy atom. The predicted octanol–water partition coefficient (Wildman–Crippen LogP) is 3.37. The molecule has 19 heavy (non-hydrogen) atoms. The summed E-state index contributed by atoms with van der Waals surface area (Å²) in [6.45, 7) is 4.57. The highest BCUT2D eigenvalue weighted by Gasteiger charge is 2.24. The average Bonchev–Trinajstić information content (AvgIpc) is 2.69. The van der Waals surface area contributed by atoms with Crippen LogP contribution in [0.1, 0.15) is 20.3 Å². The van der Waals surface area contributed by atoms with Crippen molar-refractivity contribution in [2.45, 2.75) is 20.3 Å². The van der Waals surface area contributed by atoms with Crippen molar-refractivity contribution >= 4 is 22.6 Å². The van der Waals surface area contributed by atoms with Gasteiger partial charge in [0.25, 0.3) is 0 Å². The number of hydrogen-bond acceptors (Lipinski definition) is 3. The number of benzene rings is 1. The van der Waals surface area contributed by atoms with E-state index in [1.807, 2.05) is 45.2 Å². The van der Waals surface area contributed by atoms with Crippen LogP contribution in [0.5, 0.6) is 0 Å². The number of para-hydroxylation sites is 1. The first-order valence-electron chi connectivity index (χ1n) is 6.28. The second kappa shape index (κ2) is 4.96. The third kappa shape index (κ3) is 3.08. The molecule has 0 saturated heterocycles. The Labute approximate surface area is 112 Å². The van der Waals surface area contributed by atoms with Crippen LogP contribution in [0.15, 0.2) is 34.9 Å². The van der Waals surface area contributed by atoms with Crippen LogP contribution in [0.2, 0.25) is 0 Å². The van der Waals surface area contributed by atoms with Crippen molar-refractivity contribution in [1.82, 2.24) is 0 Å². The van der Waals surface area contributed by atoms with E-state index in [9.17, 15) is 4.79 Å². The first kappa shape index (κ1) is 13.5. The quantitative estimate of drug-likeness (QED) is 0.896. The summed E-state index contributed by atoms with van der Waals surface area (Å²) in [6, 6.07) is 7.84. The zero-order valence-electron chi connectivity index (χ0n) is 11.5. The van der Waals surface area contributed by atoms with Gasteiger partial charge in [-0.15, -0.1) is 0 Å². The number of rotatable bonds is 5. The Kier molecular flexibility index (Phi) is 3.51. The van der Waals surface area contributed by atoms with Gasteiger partial charge in [-0.1, -0.05) is 26.0 Å². The number of fused-ring (bicyclic) bond motifs is 1. The van der Waals surface area contributed by atoms with Gasteiger partial charge in [0.15, 0.2) is 0 Å². The van der Waals surface area contributed by atoms with E-state index in [0.717, 1.165) is 16.7 Å². The maximum Gasteiger partial charge on any atom is 0.303 e. The van der Waals surface area contributed by atoms with Gasteiger partial charge in [0, 0.05) is 19.0 Å². The van der Waals surface area contributed by atoms with Crippen LogP contribution in [-0.2, 0) is 4.79 Å². The number of nitrogens with zero attached hydrogens (tertiary/aromatic N) is 1. The van der Waals surface area contributed by atoms with Crippen LogP contribution >= 0.6 is 0 Å². The number of anilines is 1. The molecular weight excluding hydrogens is 242 g/mol. The van der Waals surface area contributed by atoms with Crippen LogP contribution in [-0.4, -0.2) is 24.7 Å². The summed E-state index contributed by atoms with van der Waals surface area (Å²) in [4.78, 5) is 12.9. The van der Waals surface area contributed by atoms with Crippen molar-refractivity contribution < 1.29 is 14.3 Å². The number of carboxylic acid groups (broad SMARTS) is 1. The third-order valence-electron chi connectivity index (χ3n) is 3.17. The minimum Gasteiger partial charge on any atom is -0.481 e. The van der Waals surface area contributed by atoms with Crippen LogP contribution in [0.4, 0.5) is 5.69 Å². The monoisotopic (exact) mass is 261 g/mol. The van der Waals surface area contributed by atoms with Gasteiger partial charge < -0.3 is 14.4 Å². The summed E-state index contributed by atoms with van der Waals surface area (Å²) in [5.74, 6) is -0.768. The molecule has 0 aliphatic heterocycles. The fraction of sp³-hybridized carbons (Fsp3) is 0.400. The van der Waals surface area contributed by atoms with E-state index >= 15 is 0 Å². The maximum absolute atomic E-state index is 10.9. The Hall–Kier alpha value is -1.97. The molecule has 0 fully saturated rings. The number of furan rings is 1. The molecule has 0 amide bonds. The minimum absolute atomic E-state index is 0.146. The van der Waals surface area contributed by atoms with E-state index in [4.69, 9.17) is 9.52 Å². The van der Waals surface area contributed by atoms with Gasteiger partial charge in [-0.2, -0.15) is 0 Å². The highest BCUT2D eigenvalue weighted by molar-refractivity contribution is 5.90. The number of carboxylic acids is 1. The van der Waals surface area contributed by atoms with Crippen LogP contribution in [0.3, 0.4) is 0 Å². The lowest BCUT2D eigenvalue weighted by Crippen LogP contribution is -2.32. The molecule has 2 rings (SSSR count). The normalized spacial score (nSPS) is 11.7. The van der Waals surface area contributed by atoms with Crippen molar-refractivity contribution in [3.05, 3.63) is 30.5 Å². The van der Waals surface area contributed by atoms with Crippen molar-refractivity contribution in [3.63, 3.8) is 0 Å². The highest BCUT2D eigenvalue weighted by atomic mass is 16.4. The molecule has 0 bridgehead atoms. The van der Waals surface area contributed by atoms with Crippen molar-refractivity contribution in [3.8, 4) is 0 Å². The van der Waals surface area contributed by atoms with Crippen LogP contribution < -0.4 is 4.90 Å². The van der Waals surface area contributed by atoms with Gasteiger partial charge >= 0.3 is 5.97 Å². The van der Waals surface area contributed by atoms with E-state index in [1.165, 1.54) is 0 Å². The lowest BCUT2D eigenvalue weighted by Gasteiger charge is -2.29. The van der Waals surface area contributed by atoms with Crippen molar-refractivity contribution in [2.24, 2.45) is 5.41 Å². The Morgan fingerprint density at radius 3 is 2.74 bits per heavy atom. The average molecular weight is 261 g/mol. The summed E-state index contributed by atoms with van der Waals surface area (Å²) in [6.07, 6.45) is 1.87. The smallest absolute Gasteiger partial charge is 0.303 e. The van der Waals surface area contributed by atoms with E-state index in [-0.39, 0.29) is 11.8 Å². The number of hydrogen-bond donors (Lipinski definition) is 1. The predicted molar refractivity (Wildman–Crippen MR) is 75.5 cm³/mol. The van der Waals surface area contributed by atoms with Crippen molar-refractivity contribution in [1.29, 1.82) is 0 Å². The molecule has 1 aromatic heterocycles. The Bertz CT molecular complexity index is 586. The Balaban J connectivity index is 2.20. The molecule has 0 unspecified atom stereocenters. The molecule has 4 nitrogen and oxygen atoms in total. The zero-order valence-corrected chi connectivity index (χ0v) is 11.5. The molecule has 0 radical (unpaired) electrons. The molecule has 4 heteroatoms. The second-order valence-electron chi connectivity index (χ2n) is 5.71. The summed E-state index contributed by atoms with van der Waals surface area (Å²) in [5.41, 5.74) is 1.55. The maximum atomic E-state index is 10.9. The van der Waals surface area contributed by atoms with Crippen LogP contribution in [0.25, 0.3) is 11.0 Å². The molecule has 1 N–H and O–H groups in total. The van der Waals surface area contributed by atoms with Crippen LogP contribution in [0, 0.1) is 5.41 Å². The molecule has 0 aliphatic carbocycles. The minimum atomic E-state index is -0.768. The fourth-order valence-corrected chi connectivity index (χ4v) is 2.45. The molecule has 0 spiro atoms. The van der Waals surface area contributed by atoms with Gasteiger partial charge in [-0.3, -0.25) is 4.79 Å². The van der Waals surface area contributed by atoms with Crippen molar-refractivity contribution in [2.75, 3.05) is 18.5 Å². The Morgan fingerprint density at radius 1 is 1.37 bits per heavy atom. The topological polar surface area (TPSA) is 53.7 Å². The van der Waals surface area contributed by atoms with Gasteiger partial charge in [0.05, 0.1) is 12.1 Å². The molecule has 2 aromatic rings. The van der Waals surface area contributed by atoms with Gasteiger partial charge in [-0.25, -0.2) is 0 Å². The molecule has 1 heterocycles. The molecular formula is C15H19NO3. The molecule has 1 aromatic carbocycles. The van der Waals surface area contributed by atoms with E-state index in [0.29, 0.717) is 6.54 Å². The standard InChI is InChI=1S/C15H19NO3/c1-15(2,8-14(17)18)10-16(3)12-9-19-13-7-5-4-6-11(12)13/h4-7,9H,8,10H2,1-3H3,(H,17,18). The highest BCUT2D eigenvalue weighted by Crippen LogP contribution is 2.31. The third-order valence-corrected chi connectivity index (χ3v) is 3.17. The SMILES string of the molecule is CN(CC(C)(C)CC(=O)O)c1coc2ccccc12. The lowest BCUT2D eigenvalue weighted by molar-refractivity contribution is -0.139. The zero-order chi connectivity index (χ0) is 14.0. The van der Waals surface area contributed by atoms with E-state index in [1.54, 1.807) is 6.26 Å². The van der Waals surface area contributed by atoms with Gasteiger partial charge in [0.2, 0.25) is 0 Å². The second-order valence-corrected chi connectivity index (χ2v) is 5.71. The van der Waals surface area contributed by atoms with E-state index < -0.39 is 5.97 Å². The molecule has 102 valence electrons. The molecule has 0 atom stereocenters. The summed E-state index contributed by atoms with van der Waals surface area (Å²) in [7, 11) is 1.96. The van der Waals surface area contributed by atoms with Gasteiger partial charge in [0.1, 0.15) is 11.8 Å². The van der Waals surface area contributed by atoms with E-state index in [2.05, 4.69) is 4.90 Å². The summed E-state index contributed by atoms with van der Waals surface area (Å²) in [5, 5.41) is 9.98. The first-order chi connectivity index (χ1) is 8.89. The summed E-state index contributed by atoms with van der Waals surface area (Å²) < 4.78 is 5.51. The van der Waals surface area contributed by atoms with Gasteiger partial charge in [-0.05, 0) is 17.5 Å². The largest absolute Gasteiger partial charge is 0.481 e. The first-order valence-corrected chi connectivity index (χ1v) is 6.28. The fourth-order valence-electron chi connectivity index (χ4n) is 2.45. The number of carbonyl (C=O) groups is 1. The lowest BCUT2D eigenvalue weighted by atomic mass is 9.88. The molecule has 0 aliphatic rings. The number of aliphatic carboxylic acids is 1.